The first kappa shape index (κ1) is 18.1. The van der Waals surface area contributed by atoms with Gasteiger partial charge in [-0.3, -0.25) is 4.79 Å². The third kappa shape index (κ3) is 3.64. The van der Waals surface area contributed by atoms with E-state index in [0.717, 1.165) is 16.5 Å². The maximum atomic E-state index is 12.4. The van der Waals surface area contributed by atoms with Gasteiger partial charge in [-0.15, -0.1) is 0 Å². The Bertz CT molecular complexity index is 1180. The van der Waals surface area contributed by atoms with Crippen LogP contribution in [0.2, 0.25) is 10.0 Å². The molecule has 130 valence electrons. The highest BCUT2D eigenvalue weighted by Crippen LogP contribution is 2.23. The van der Waals surface area contributed by atoms with Crippen LogP contribution < -0.4 is 4.80 Å². The Morgan fingerprint density at radius 3 is 2.52 bits per heavy atom. The van der Waals surface area contributed by atoms with Crippen LogP contribution in [-0.2, 0) is 16.9 Å². The largest absolute Gasteiger partial charge is 0.319 e. The molecule has 3 rings (SSSR count). The van der Waals surface area contributed by atoms with E-state index in [1.54, 1.807) is 29.8 Å². The Hall–Kier alpha value is -1.67. The van der Waals surface area contributed by atoms with Crippen LogP contribution >= 0.6 is 34.5 Å². The monoisotopic (exact) mass is 414 g/mol. The molecule has 5 nitrogen and oxygen atoms in total. The van der Waals surface area contributed by atoms with Crippen molar-refractivity contribution in [2.75, 3.05) is 6.26 Å². The molecule has 0 aliphatic rings. The average Bonchev–Trinajstić information content (AvgIpc) is 2.82. The van der Waals surface area contributed by atoms with Gasteiger partial charge in [-0.2, -0.15) is 4.99 Å². The summed E-state index contributed by atoms with van der Waals surface area (Å²) in [4.78, 5) is 17.2. The van der Waals surface area contributed by atoms with Gasteiger partial charge in [-0.05, 0) is 36.4 Å². The maximum Gasteiger partial charge on any atom is 0.281 e. The van der Waals surface area contributed by atoms with Crippen molar-refractivity contribution in [3.05, 3.63) is 56.8 Å². The highest BCUT2D eigenvalue weighted by atomic mass is 35.5. The van der Waals surface area contributed by atoms with E-state index in [1.807, 2.05) is 0 Å². The van der Waals surface area contributed by atoms with E-state index in [0.29, 0.717) is 9.82 Å². The summed E-state index contributed by atoms with van der Waals surface area (Å²) in [5.74, 6) is -0.493. The number of amides is 1. The molecule has 3 aromatic rings. The summed E-state index contributed by atoms with van der Waals surface area (Å²) in [5.41, 5.74) is 1.03. The fraction of sp³-hybridized carbons (Fsp3) is 0.125. The molecule has 25 heavy (non-hydrogen) atoms. The van der Waals surface area contributed by atoms with Crippen molar-refractivity contribution in [3.8, 4) is 0 Å². The van der Waals surface area contributed by atoms with E-state index < -0.39 is 15.7 Å². The fourth-order valence-corrected chi connectivity index (χ4v) is 4.53. The van der Waals surface area contributed by atoms with Crippen molar-refractivity contribution >= 4 is 60.5 Å². The predicted molar refractivity (Wildman–Crippen MR) is 100 cm³/mol. The number of halogens is 2. The first-order valence-corrected chi connectivity index (χ1v) is 10.5. The summed E-state index contributed by atoms with van der Waals surface area (Å²) in [5, 5.41) is 0.659. The maximum absolute atomic E-state index is 12.4. The zero-order chi connectivity index (χ0) is 18.4. The number of sulfone groups is 1. The number of nitrogens with zero attached hydrogens (tertiary/aromatic N) is 2. The quantitative estimate of drug-likeness (QED) is 0.641. The van der Waals surface area contributed by atoms with Gasteiger partial charge in [0.2, 0.25) is 0 Å². The first-order chi connectivity index (χ1) is 11.7. The molecule has 0 spiro atoms. The minimum Gasteiger partial charge on any atom is -0.319 e. The number of aryl methyl sites for hydroxylation is 1. The van der Waals surface area contributed by atoms with Gasteiger partial charge < -0.3 is 4.57 Å². The fourth-order valence-electron chi connectivity index (χ4n) is 2.26. The first-order valence-electron chi connectivity index (χ1n) is 7.00. The Labute approximate surface area is 158 Å². The second-order valence-corrected chi connectivity index (χ2v) is 9.25. The molecule has 0 radical (unpaired) electrons. The van der Waals surface area contributed by atoms with Crippen LogP contribution in [0.3, 0.4) is 0 Å². The van der Waals surface area contributed by atoms with E-state index >= 15 is 0 Å². The van der Waals surface area contributed by atoms with E-state index in [9.17, 15) is 13.2 Å². The molecule has 0 bridgehead atoms. The predicted octanol–water partition coefficient (Wildman–Crippen LogP) is 3.69. The van der Waals surface area contributed by atoms with Crippen LogP contribution in [0.15, 0.2) is 46.3 Å². The summed E-state index contributed by atoms with van der Waals surface area (Å²) < 4.78 is 25.8. The highest BCUT2D eigenvalue weighted by molar-refractivity contribution is 7.90. The van der Waals surface area contributed by atoms with Gasteiger partial charge in [0.25, 0.3) is 5.91 Å². The molecule has 0 fully saturated rings. The Morgan fingerprint density at radius 1 is 1.16 bits per heavy atom. The number of carbonyl (C=O) groups is 1. The number of rotatable bonds is 2. The van der Waals surface area contributed by atoms with E-state index in [1.165, 1.54) is 29.5 Å². The minimum atomic E-state index is -3.30. The molecule has 0 atom stereocenters. The lowest BCUT2D eigenvalue weighted by Gasteiger charge is -2.00. The lowest BCUT2D eigenvalue weighted by Crippen LogP contribution is -2.13. The number of hydrogen-bond acceptors (Lipinski definition) is 4. The molecule has 1 heterocycles. The molecule has 2 aromatic carbocycles. The van der Waals surface area contributed by atoms with Crippen molar-refractivity contribution in [2.24, 2.45) is 12.0 Å². The lowest BCUT2D eigenvalue weighted by molar-refractivity contribution is 0.0998. The van der Waals surface area contributed by atoms with Crippen LogP contribution in [0.1, 0.15) is 10.4 Å². The van der Waals surface area contributed by atoms with E-state index in [-0.39, 0.29) is 15.5 Å². The zero-order valence-corrected chi connectivity index (χ0v) is 16.3. The molecule has 0 saturated heterocycles. The van der Waals surface area contributed by atoms with E-state index in [2.05, 4.69) is 4.99 Å². The van der Waals surface area contributed by atoms with Gasteiger partial charge in [-0.1, -0.05) is 34.5 Å². The molecule has 0 aliphatic heterocycles. The second-order valence-electron chi connectivity index (χ2n) is 5.39. The molecule has 1 aromatic heterocycles. The molecular weight excluding hydrogens is 403 g/mol. The summed E-state index contributed by atoms with van der Waals surface area (Å²) >= 11 is 13.1. The zero-order valence-electron chi connectivity index (χ0n) is 13.2. The number of benzene rings is 2. The topological polar surface area (TPSA) is 68.5 Å². The Morgan fingerprint density at radius 2 is 1.88 bits per heavy atom. The molecule has 0 aliphatic carbocycles. The van der Waals surface area contributed by atoms with Gasteiger partial charge in [0.15, 0.2) is 14.6 Å². The summed E-state index contributed by atoms with van der Waals surface area (Å²) in [6.45, 7) is 0. The molecule has 0 unspecified atom stereocenters. The number of aromatic nitrogens is 1. The number of carbonyl (C=O) groups excluding carboxylic acids is 1. The normalized spacial score (nSPS) is 12.7. The number of hydrogen-bond donors (Lipinski definition) is 0. The summed E-state index contributed by atoms with van der Waals surface area (Å²) in [7, 11) is -1.55. The second kappa shape index (κ2) is 6.57. The standard InChI is InChI=1S/C16H12Cl2N2O3S2/c1-20-13-6-4-10(25(2,22)23)8-14(13)24-16(20)19-15(21)11-5-3-9(17)7-12(11)18/h3-8H,1-2H3. The smallest absolute Gasteiger partial charge is 0.281 e. The highest BCUT2D eigenvalue weighted by Gasteiger charge is 2.13. The average molecular weight is 415 g/mol. The van der Waals surface area contributed by atoms with Crippen LogP contribution in [0.4, 0.5) is 0 Å². The molecule has 0 saturated carbocycles. The number of fused-ring (bicyclic) bond motifs is 1. The van der Waals surface area contributed by atoms with Crippen LogP contribution in [-0.4, -0.2) is 25.1 Å². The minimum absolute atomic E-state index is 0.223. The van der Waals surface area contributed by atoms with Crippen molar-refractivity contribution in [3.63, 3.8) is 0 Å². The third-order valence-electron chi connectivity index (χ3n) is 3.57. The van der Waals surface area contributed by atoms with E-state index in [4.69, 9.17) is 23.2 Å². The van der Waals surface area contributed by atoms with Crippen molar-refractivity contribution in [1.29, 1.82) is 0 Å². The van der Waals surface area contributed by atoms with Gasteiger partial charge in [-0.25, -0.2) is 8.42 Å². The third-order valence-corrected chi connectivity index (χ3v) is 6.32. The van der Waals surface area contributed by atoms with Crippen molar-refractivity contribution in [2.45, 2.75) is 4.90 Å². The lowest BCUT2D eigenvalue weighted by atomic mass is 10.2. The van der Waals surface area contributed by atoms with Crippen LogP contribution in [0.5, 0.6) is 0 Å². The van der Waals surface area contributed by atoms with Crippen molar-refractivity contribution in [1.82, 2.24) is 4.57 Å². The number of thiazole rings is 1. The van der Waals surface area contributed by atoms with Gasteiger partial charge in [0.1, 0.15) is 0 Å². The van der Waals surface area contributed by atoms with Gasteiger partial charge >= 0.3 is 0 Å². The molecular formula is C16H12Cl2N2O3S2. The summed E-state index contributed by atoms with van der Waals surface area (Å²) in [6, 6.07) is 9.38. The Balaban J connectivity index is 2.13. The van der Waals surface area contributed by atoms with Gasteiger partial charge in [0, 0.05) is 18.3 Å². The van der Waals surface area contributed by atoms with Crippen molar-refractivity contribution < 1.29 is 13.2 Å². The molecule has 0 N–H and O–H groups in total. The SMILES string of the molecule is Cn1c(=NC(=O)c2ccc(Cl)cc2Cl)sc2cc(S(C)(=O)=O)ccc21. The Kier molecular flexibility index (Phi) is 4.76. The molecule has 9 heteroatoms. The molecule has 1 amide bonds. The van der Waals surface area contributed by atoms with Crippen LogP contribution in [0, 0.1) is 0 Å². The summed E-state index contributed by atoms with van der Waals surface area (Å²) in [6.07, 6.45) is 1.15. The van der Waals surface area contributed by atoms with Gasteiger partial charge in [0.05, 0.1) is 25.7 Å². The van der Waals surface area contributed by atoms with Crippen LogP contribution in [0.25, 0.3) is 10.2 Å².